The van der Waals surface area contributed by atoms with E-state index in [1.54, 1.807) is 61.7 Å². The van der Waals surface area contributed by atoms with Crippen molar-refractivity contribution in [2.24, 2.45) is 0 Å². The number of carbonyl (C=O) groups is 2. The molecule has 0 unspecified atom stereocenters. The average Bonchev–Trinajstić information content (AvgIpc) is 2.66. The summed E-state index contributed by atoms with van der Waals surface area (Å²) in [5, 5.41) is 8.74. The van der Waals surface area contributed by atoms with Crippen LogP contribution in [0.25, 0.3) is 6.08 Å². The summed E-state index contributed by atoms with van der Waals surface area (Å²) < 4.78 is 10.2. The minimum absolute atomic E-state index is 0.289. The van der Waals surface area contributed by atoms with E-state index < -0.39 is 12.1 Å². The van der Waals surface area contributed by atoms with Gasteiger partial charge in [-0.15, -0.1) is 0 Å². The number of hydrogen-bond acceptors (Lipinski definition) is 5. The lowest BCUT2D eigenvalue weighted by Gasteiger charge is -2.11. The smallest absolute Gasteiger partial charge is 0.331 e. The highest BCUT2D eigenvalue weighted by Gasteiger charge is 2.18. The first-order valence-corrected chi connectivity index (χ1v) is 7.60. The van der Waals surface area contributed by atoms with Crippen LogP contribution in [-0.4, -0.2) is 25.0 Å². The number of ether oxygens (including phenoxy) is 2. The molecule has 126 valence electrons. The molecule has 0 aromatic heterocycles. The highest BCUT2D eigenvalue weighted by atomic mass is 16.5. The Morgan fingerprint density at radius 1 is 1.08 bits per heavy atom. The van der Waals surface area contributed by atoms with Gasteiger partial charge in [0.1, 0.15) is 5.75 Å². The second kappa shape index (κ2) is 8.46. The highest BCUT2D eigenvalue weighted by molar-refractivity contribution is 6.01. The van der Waals surface area contributed by atoms with Gasteiger partial charge in [-0.1, -0.05) is 12.1 Å². The van der Waals surface area contributed by atoms with E-state index in [4.69, 9.17) is 14.7 Å². The van der Waals surface area contributed by atoms with Crippen molar-refractivity contribution >= 4 is 17.8 Å². The summed E-state index contributed by atoms with van der Waals surface area (Å²) in [6.07, 6.45) is 1.92. The third-order valence-corrected chi connectivity index (χ3v) is 3.49. The molecule has 0 saturated heterocycles. The van der Waals surface area contributed by atoms with Gasteiger partial charge in [-0.2, -0.15) is 5.26 Å². The van der Waals surface area contributed by atoms with Crippen LogP contribution in [0.3, 0.4) is 0 Å². The Bertz CT molecular complexity index is 814. The van der Waals surface area contributed by atoms with Gasteiger partial charge in [-0.3, -0.25) is 4.79 Å². The predicted octanol–water partition coefficient (Wildman–Crippen LogP) is 3.39. The van der Waals surface area contributed by atoms with Crippen LogP contribution in [0.15, 0.2) is 54.6 Å². The summed E-state index contributed by atoms with van der Waals surface area (Å²) in [6.45, 7) is 1.53. The number of methoxy groups -OCH3 is 1. The lowest BCUT2D eigenvalue weighted by Crippen LogP contribution is -2.23. The van der Waals surface area contributed by atoms with Gasteiger partial charge in [0, 0.05) is 11.6 Å². The monoisotopic (exact) mass is 335 g/mol. The lowest BCUT2D eigenvalue weighted by molar-refractivity contribution is -0.140. The lowest BCUT2D eigenvalue weighted by atomic mass is 10.1. The average molecular weight is 335 g/mol. The molecule has 2 aromatic rings. The number of carbonyl (C=O) groups excluding carboxylic acids is 2. The van der Waals surface area contributed by atoms with Crippen LogP contribution in [0.1, 0.15) is 28.4 Å². The summed E-state index contributed by atoms with van der Waals surface area (Å²) in [7, 11) is 1.54. The van der Waals surface area contributed by atoms with Gasteiger partial charge in [0.05, 0.1) is 18.7 Å². The van der Waals surface area contributed by atoms with E-state index in [1.165, 1.54) is 13.0 Å². The SMILES string of the molecule is COc1ccc(C(=O)[C@@H](C)OC(=O)/C=C/c2ccc(C#N)cc2)cc1. The Kier molecular flexibility index (Phi) is 6.08. The minimum atomic E-state index is -0.897. The van der Waals surface area contributed by atoms with Crippen molar-refractivity contribution in [3.05, 3.63) is 71.3 Å². The molecule has 0 spiro atoms. The molecule has 1 atom stereocenters. The molecule has 0 saturated carbocycles. The predicted molar refractivity (Wildman–Crippen MR) is 93.1 cm³/mol. The quantitative estimate of drug-likeness (QED) is 0.459. The number of ketones is 1. The third kappa shape index (κ3) is 5.05. The van der Waals surface area contributed by atoms with Crippen LogP contribution in [0.4, 0.5) is 0 Å². The van der Waals surface area contributed by atoms with Crippen LogP contribution in [0, 0.1) is 11.3 Å². The Morgan fingerprint density at radius 3 is 2.28 bits per heavy atom. The fourth-order valence-electron chi connectivity index (χ4n) is 2.09. The Hall–Kier alpha value is -3.39. The molecule has 0 heterocycles. The fourth-order valence-corrected chi connectivity index (χ4v) is 2.09. The van der Waals surface area contributed by atoms with Crippen molar-refractivity contribution in [2.75, 3.05) is 7.11 Å². The molecule has 0 amide bonds. The van der Waals surface area contributed by atoms with Gasteiger partial charge in [0.25, 0.3) is 0 Å². The van der Waals surface area contributed by atoms with E-state index in [0.29, 0.717) is 16.9 Å². The second-order valence-corrected chi connectivity index (χ2v) is 5.24. The highest BCUT2D eigenvalue weighted by Crippen LogP contribution is 2.14. The van der Waals surface area contributed by atoms with E-state index in [0.717, 1.165) is 5.56 Å². The number of esters is 1. The molecule has 25 heavy (non-hydrogen) atoms. The summed E-state index contributed by atoms with van der Waals surface area (Å²) in [5.41, 5.74) is 1.74. The maximum Gasteiger partial charge on any atom is 0.331 e. The topological polar surface area (TPSA) is 76.4 Å². The van der Waals surface area contributed by atoms with Crippen LogP contribution < -0.4 is 4.74 Å². The van der Waals surface area contributed by atoms with E-state index in [2.05, 4.69) is 0 Å². The molecule has 0 aliphatic heterocycles. The number of rotatable bonds is 6. The van der Waals surface area contributed by atoms with Crippen LogP contribution in [0.5, 0.6) is 5.75 Å². The summed E-state index contributed by atoms with van der Waals surface area (Å²) in [5.74, 6) is -0.256. The van der Waals surface area contributed by atoms with Crippen molar-refractivity contribution in [2.45, 2.75) is 13.0 Å². The van der Waals surface area contributed by atoms with E-state index in [-0.39, 0.29) is 5.78 Å². The van der Waals surface area contributed by atoms with Crippen molar-refractivity contribution in [3.63, 3.8) is 0 Å². The van der Waals surface area contributed by atoms with Crippen molar-refractivity contribution in [1.82, 2.24) is 0 Å². The van der Waals surface area contributed by atoms with Gasteiger partial charge in [0.15, 0.2) is 6.10 Å². The van der Waals surface area contributed by atoms with Gasteiger partial charge in [0.2, 0.25) is 5.78 Å². The first-order valence-electron chi connectivity index (χ1n) is 7.60. The van der Waals surface area contributed by atoms with Crippen LogP contribution in [-0.2, 0) is 9.53 Å². The van der Waals surface area contributed by atoms with Crippen LogP contribution >= 0.6 is 0 Å². The van der Waals surface area contributed by atoms with Gasteiger partial charge in [-0.25, -0.2) is 4.79 Å². The number of hydrogen-bond donors (Lipinski definition) is 0. The molecule has 5 nitrogen and oxygen atoms in total. The van der Waals surface area contributed by atoms with Crippen molar-refractivity contribution in [1.29, 1.82) is 5.26 Å². The molecule has 0 N–H and O–H groups in total. The molecule has 0 fully saturated rings. The minimum Gasteiger partial charge on any atom is -0.497 e. The number of benzene rings is 2. The Balaban J connectivity index is 1.95. The van der Waals surface area contributed by atoms with Crippen LogP contribution in [0.2, 0.25) is 0 Å². The standard InChI is InChI=1S/C20H17NO4/c1-14(20(23)17-8-10-18(24-2)11-9-17)25-19(22)12-7-15-3-5-16(13-21)6-4-15/h3-12,14H,1-2H3/b12-7+/t14-/m1/s1. The first kappa shape index (κ1) is 18.0. The van der Waals surface area contributed by atoms with Crippen molar-refractivity contribution in [3.8, 4) is 11.8 Å². The largest absolute Gasteiger partial charge is 0.497 e. The van der Waals surface area contributed by atoms with E-state index >= 15 is 0 Å². The van der Waals surface area contributed by atoms with E-state index in [9.17, 15) is 9.59 Å². The molecule has 0 bridgehead atoms. The number of nitriles is 1. The molecule has 2 rings (SSSR count). The first-order chi connectivity index (χ1) is 12.0. The molecule has 2 aromatic carbocycles. The molecule has 5 heteroatoms. The normalized spacial score (nSPS) is 11.6. The Labute approximate surface area is 146 Å². The second-order valence-electron chi connectivity index (χ2n) is 5.24. The maximum atomic E-state index is 12.3. The molecule has 0 aliphatic rings. The Morgan fingerprint density at radius 2 is 1.72 bits per heavy atom. The number of Topliss-reactive ketones (excluding diaryl/α,β-unsaturated/α-hetero) is 1. The third-order valence-electron chi connectivity index (χ3n) is 3.49. The van der Waals surface area contributed by atoms with Gasteiger partial charge >= 0.3 is 5.97 Å². The molecule has 0 aliphatic carbocycles. The zero-order chi connectivity index (χ0) is 18.2. The van der Waals surface area contributed by atoms with Crippen molar-refractivity contribution < 1.29 is 19.1 Å². The zero-order valence-corrected chi connectivity index (χ0v) is 13.9. The van der Waals surface area contributed by atoms with Gasteiger partial charge in [-0.05, 0) is 55.0 Å². The van der Waals surface area contributed by atoms with Gasteiger partial charge < -0.3 is 9.47 Å². The fraction of sp³-hybridized carbons (Fsp3) is 0.150. The molecule has 0 radical (unpaired) electrons. The number of nitrogens with zero attached hydrogens (tertiary/aromatic N) is 1. The summed E-state index contributed by atoms with van der Waals surface area (Å²) in [6, 6.07) is 15.4. The molecular weight excluding hydrogens is 318 g/mol. The summed E-state index contributed by atoms with van der Waals surface area (Å²) >= 11 is 0. The summed E-state index contributed by atoms with van der Waals surface area (Å²) in [4.78, 5) is 24.1. The maximum absolute atomic E-state index is 12.3. The zero-order valence-electron chi connectivity index (χ0n) is 13.9. The molecular formula is C20H17NO4. The van der Waals surface area contributed by atoms with E-state index in [1.807, 2.05) is 6.07 Å².